The fourth-order valence-electron chi connectivity index (χ4n) is 3.39. The summed E-state index contributed by atoms with van der Waals surface area (Å²) in [4.78, 5) is 2.53. The van der Waals surface area contributed by atoms with E-state index in [0.29, 0.717) is 0 Å². The van der Waals surface area contributed by atoms with E-state index in [4.69, 9.17) is 11.6 Å². The molecule has 0 radical (unpaired) electrons. The molecule has 1 fully saturated rings. The molecule has 0 N–H and O–H groups in total. The average Bonchev–Trinajstić information content (AvgIpc) is 2.59. The molecule has 132 valence electrons. The number of hydrogen-bond acceptors (Lipinski definition) is 3. The SMILES string of the molecule is Cc1cc(C)c(CN2CCN(/N=C\c3ccc(Cl)cc3)CC2)c(C)c1. The van der Waals surface area contributed by atoms with Crippen LogP contribution in [0.25, 0.3) is 0 Å². The predicted octanol–water partition coefficient (Wildman–Crippen LogP) is 4.42. The van der Waals surface area contributed by atoms with Gasteiger partial charge in [-0.3, -0.25) is 9.91 Å². The number of hydrogen-bond donors (Lipinski definition) is 0. The Morgan fingerprint density at radius 2 is 1.56 bits per heavy atom. The fourth-order valence-corrected chi connectivity index (χ4v) is 3.52. The molecule has 0 aromatic heterocycles. The van der Waals surface area contributed by atoms with Gasteiger partial charge in [-0.1, -0.05) is 41.4 Å². The Kier molecular flexibility index (Phi) is 5.77. The third-order valence-electron chi connectivity index (χ3n) is 4.81. The summed E-state index contributed by atoms with van der Waals surface area (Å²) in [5.74, 6) is 0. The molecule has 0 amide bonds. The van der Waals surface area contributed by atoms with E-state index in [0.717, 1.165) is 43.3 Å². The minimum atomic E-state index is 0.757. The van der Waals surface area contributed by atoms with Gasteiger partial charge in [-0.15, -0.1) is 0 Å². The minimum absolute atomic E-state index is 0.757. The van der Waals surface area contributed by atoms with Gasteiger partial charge in [0.25, 0.3) is 0 Å². The van der Waals surface area contributed by atoms with Crippen LogP contribution in [0.1, 0.15) is 27.8 Å². The number of benzene rings is 2. The van der Waals surface area contributed by atoms with Crippen molar-refractivity contribution in [2.75, 3.05) is 26.2 Å². The summed E-state index contributed by atoms with van der Waals surface area (Å²) in [6, 6.07) is 12.3. The molecular weight excluding hydrogens is 330 g/mol. The van der Waals surface area contributed by atoms with E-state index in [2.05, 4.69) is 47.9 Å². The maximum Gasteiger partial charge on any atom is 0.0542 e. The standard InChI is InChI=1S/C21H26ClN3/c1-16-12-17(2)21(18(3)13-16)15-24-8-10-25(11-9-24)23-14-19-4-6-20(22)7-5-19/h4-7,12-14H,8-11,15H2,1-3H3/b23-14-. The van der Waals surface area contributed by atoms with Crippen LogP contribution in [0.3, 0.4) is 0 Å². The largest absolute Gasteiger partial charge is 0.295 e. The molecule has 0 saturated carbocycles. The first-order valence-electron chi connectivity index (χ1n) is 8.85. The summed E-state index contributed by atoms with van der Waals surface area (Å²) in [5, 5.41) is 7.52. The van der Waals surface area contributed by atoms with Gasteiger partial charge in [0.1, 0.15) is 0 Å². The second kappa shape index (κ2) is 8.03. The fraction of sp³-hybridized carbons (Fsp3) is 0.381. The molecule has 0 atom stereocenters. The van der Waals surface area contributed by atoms with Crippen molar-refractivity contribution in [2.24, 2.45) is 5.10 Å². The lowest BCUT2D eigenvalue weighted by Crippen LogP contribution is -2.43. The Bertz CT molecular complexity index is 721. The Balaban J connectivity index is 1.54. The monoisotopic (exact) mass is 355 g/mol. The Morgan fingerprint density at radius 3 is 2.16 bits per heavy atom. The molecular formula is C21H26ClN3. The number of rotatable bonds is 4. The lowest BCUT2D eigenvalue weighted by Gasteiger charge is -2.33. The van der Waals surface area contributed by atoms with Gasteiger partial charge < -0.3 is 0 Å². The first kappa shape index (κ1) is 18.0. The van der Waals surface area contributed by atoms with Crippen LogP contribution in [-0.4, -0.2) is 42.3 Å². The van der Waals surface area contributed by atoms with Crippen LogP contribution in [0.5, 0.6) is 0 Å². The molecule has 1 heterocycles. The molecule has 2 aromatic carbocycles. The molecule has 1 aliphatic rings. The van der Waals surface area contributed by atoms with Gasteiger partial charge in [0, 0.05) is 37.7 Å². The van der Waals surface area contributed by atoms with Crippen LogP contribution in [-0.2, 0) is 6.54 Å². The van der Waals surface area contributed by atoms with Crippen LogP contribution in [0.2, 0.25) is 5.02 Å². The Morgan fingerprint density at radius 1 is 0.960 bits per heavy atom. The summed E-state index contributed by atoms with van der Waals surface area (Å²) in [6.07, 6.45) is 1.92. The van der Waals surface area contributed by atoms with Crippen molar-refractivity contribution in [2.45, 2.75) is 27.3 Å². The molecule has 0 aliphatic carbocycles. The topological polar surface area (TPSA) is 18.8 Å². The molecule has 0 spiro atoms. The first-order chi connectivity index (χ1) is 12.0. The quantitative estimate of drug-likeness (QED) is 0.756. The highest BCUT2D eigenvalue weighted by atomic mass is 35.5. The minimum Gasteiger partial charge on any atom is -0.295 e. The van der Waals surface area contributed by atoms with Crippen LogP contribution in [0.4, 0.5) is 0 Å². The normalized spacial score (nSPS) is 15.9. The zero-order chi connectivity index (χ0) is 17.8. The van der Waals surface area contributed by atoms with Crippen LogP contribution < -0.4 is 0 Å². The van der Waals surface area contributed by atoms with E-state index in [1.807, 2.05) is 30.5 Å². The van der Waals surface area contributed by atoms with Gasteiger partial charge >= 0.3 is 0 Å². The second-order valence-corrected chi connectivity index (χ2v) is 7.34. The predicted molar refractivity (Wildman–Crippen MR) is 107 cm³/mol. The Labute approximate surface area is 155 Å². The molecule has 3 rings (SSSR count). The summed E-state index contributed by atoms with van der Waals surface area (Å²) < 4.78 is 0. The molecule has 1 aliphatic heterocycles. The molecule has 25 heavy (non-hydrogen) atoms. The first-order valence-corrected chi connectivity index (χ1v) is 9.22. The van der Waals surface area contributed by atoms with Crippen molar-refractivity contribution in [3.63, 3.8) is 0 Å². The van der Waals surface area contributed by atoms with Gasteiger partial charge in [-0.25, -0.2) is 0 Å². The molecule has 1 saturated heterocycles. The van der Waals surface area contributed by atoms with E-state index in [-0.39, 0.29) is 0 Å². The molecule has 4 heteroatoms. The Hall–Kier alpha value is -1.84. The van der Waals surface area contributed by atoms with E-state index in [1.54, 1.807) is 0 Å². The molecule has 0 unspecified atom stereocenters. The van der Waals surface area contributed by atoms with Crippen molar-refractivity contribution in [1.29, 1.82) is 0 Å². The van der Waals surface area contributed by atoms with Crippen LogP contribution in [0.15, 0.2) is 41.5 Å². The zero-order valence-electron chi connectivity index (χ0n) is 15.3. The molecule has 2 aromatic rings. The highest BCUT2D eigenvalue weighted by molar-refractivity contribution is 6.30. The highest BCUT2D eigenvalue weighted by Gasteiger charge is 2.17. The molecule has 3 nitrogen and oxygen atoms in total. The number of aryl methyl sites for hydroxylation is 3. The lowest BCUT2D eigenvalue weighted by molar-refractivity contribution is 0.131. The number of halogens is 1. The van der Waals surface area contributed by atoms with Crippen molar-refractivity contribution in [3.05, 3.63) is 69.2 Å². The van der Waals surface area contributed by atoms with Gasteiger partial charge in [0.2, 0.25) is 0 Å². The van der Waals surface area contributed by atoms with Crippen LogP contribution >= 0.6 is 11.6 Å². The lowest BCUT2D eigenvalue weighted by atomic mass is 9.99. The van der Waals surface area contributed by atoms with Gasteiger partial charge in [0.15, 0.2) is 0 Å². The van der Waals surface area contributed by atoms with E-state index in [1.165, 1.54) is 22.3 Å². The van der Waals surface area contributed by atoms with E-state index < -0.39 is 0 Å². The number of nitrogens with zero attached hydrogens (tertiary/aromatic N) is 3. The third kappa shape index (κ3) is 4.83. The zero-order valence-corrected chi connectivity index (χ0v) is 16.1. The summed E-state index contributed by atoms with van der Waals surface area (Å²) >= 11 is 5.91. The van der Waals surface area contributed by atoms with Crippen molar-refractivity contribution >= 4 is 17.8 Å². The van der Waals surface area contributed by atoms with Crippen molar-refractivity contribution in [3.8, 4) is 0 Å². The summed E-state index contributed by atoms with van der Waals surface area (Å²) in [6.45, 7) is 11.7. The average molecular weight is 356 g/mol. The third-order valence-corrected chi connectivity index (χ3v) is 5.06. The highest BCUT2D eigenvalue weighted by Crippen LogP contribution is 2.19. The molecule has 0 bridgehead atoms. The van der Waals surface area contributed by atoms with Gasteiger partial charge in [-0.05, 0) is 55.2 Å². The van der Waals surface area contributed by atoms with Gasteiger partial charge in [0.05, 0.1) is 6.21 Å². The summed E-state index contributed by atoms with van der Waals surface area (Å²) in [7, 11) is 0. The maximum atomic E-state index is 5.91. The number of piperazine rings is 1. The van der Waals surface area contributed by atoms with Crippen LogP contribution in [0, 0.1) is 20.8 Å². The van der Waals surface area contributed by atoms with E-state index >= 15 is 0 Å². The van der Waals surface area contributed by atoms with Gasteiger partial charge in [-0.2, -0.15) is 5.10 Å². The number of hydrazone groups is 1. The smallest absolute Gasteiger partial charge is 0.0542 e. The summed E-state index contributed by atoms with van der Waals surface area (Å²) in [5.41, 5.74) is 6.71. The van der Waals surface area contributed by atoms with E-state index in [9.17, 15) is 0 Å². The second-order valence-electron chi connectivity index (χ2n) is 6.90. The van der Waals surface area contributed by atoms with Crippen molar-refractivity contribution < 1.29 is 0 Å². The maximum absolute atomic E-state index is 5.91. The van der Waals surface area contributed by atoms with Crippen molar-refractivity contribution in [1.82, 2.24) is 9.91 Å².